The molecule has 2 fully saturated rings. The summed E-state index contributed by atoms with van der Waals surface area (Å²) in [6.45, 7) is 1.65. The van der Waals surface area contributed by atoms with Crippen LogP contribution in [0.3, 0.4) is 0 Å². The Bertz CT molecular complexity index is 875. The lowest BCUT2D eigenvalue weighted by Gasteiger charge is -2.30. The summed E-state index contributed by atoms with van der Waals surface area (Å²) in [6.07, 6.45) is 10.8. The fraction of sp³-hybridized carbons (Fsp3) is 0.591. The standard InChI is InChI=1S/C22H30N2O4S/c1-29(26,27)24-11-8-20(9-12-24)28-21-4-2-3-19(15-21)22(25)23-10-7-18-14-16-5-6-17(18)13-16/h2-6,15-18,20H,7-14H2,1H3,(H,23,25)/t16-,17+,18-/m1/s1. The van der Waals surface area contributed by atoms with Gasteiger partial charge in [0.2, 0.25) is 10.0 Å². The van der Waals surface area contributed by atoms with Gasteiger partial charge in [-0.1, -0.05) is 18.2 Å². The Labute approximate surface area is 173 Å². The van der Waals surface area contributed by atoms with Gasteiger partial charge < -0.3 is 10.1 Å². The SMILES string of the molecule is CS(=O)(=O)N1CCC(Oc2cccc(C(=O)NCC[C@@H]3C[C@@H]4C=C[C@H]3C4)c2)CC1. The number of nitrogens with zero attached hydrogens (tertiary/aromatic N) is 1. The third kappa shape index (κ3) is 5.01. The number of carbonyl (C=O) groups excluding carboxylic acids is 1. The molecule has 3 aliphatic rings. The summed E-state index contributed by atoms with van der Waals surface area (Å²) in [5, 5.41) is 3.05. The molecule has 1 N–H and O–H groups in total. The van der Waals surface area contributed by atoms with Crippen molar-refractivity contribution >= 4 is 15.9 Å². The average molecular weight is 419 g/mol. The van der Waals surface area contributed by atoms with Crippen molar-refractivity contribution in [2.75, 3.05) is 25.9 Å². The van der Waals surface area contributed by atoms with Gasteiger partial charge in [0.25, 0.3) is 5.91 Å². The molecule has 1 aromatic carbocycles. The van der Waals surface area contributed by atoms with Gasteiger partial charge in [-0.2, -0.15) is 0 Å². The van der Waals surface area contributed by atoms with Gasteiger partial charge >= 0.3 is 0 Å². The van der Waals surface area contributed by atoms with Crippen molar-refractivity contribution in [1.82, 2.24) is 9.62 Å². The van der Waals surface area contributed by atoms with E-state index in [0.29, 0.717) is 55.6 Å². The van der Waals surface area contributed by atoms with Gasteiger partial charge in [-0.05, 0) is 68.1 Å². The summed E-state index contributed by atoms with van der Waals surface area (Å²) in [5.41, 5.74) is 0.601. The molecule has 6 nitrogen and oxygen atoms in total. The number of hydrogen-bond donors (Lipinski definition) is 1. The number of sulfonamides is 1. The van der Waals surface area contributed by atoms with E-state index in [1.165, 1.54) is 23.4 Å². The predicted molar refractivity (Wildman–Crippen MR) is 112 cm³/mol. The lowest BCUT2D eigenvalue weighted by Crippen LogP contribution is -2.41. The summed E-state index contributed by atoms with van der Waals surface area (Å²) in [7, 11) is -3.14. The summed E-state index contributed by atoms with van der Waals surface area (Å²) >= 11 is 0. The number of hydrogen-bond acceptors (Lipinski definition) is 4. The van der Waals surface area contributed by atoms with Gasteiger partial charge in [0, 0.05) is 25.2 Å². The van der Waals surface area contributed by atoms with Gasteiger partial charge in [-0.15, -0.1) is 0 Å². The highest BCUT2D eigenvalue weighted by molar-refractivity contribution is 7.88. The van der Waals surface area contributed by atoms with Crippen molar-refractivity contribution in [3.63, 3.8) is 0 Å². The molecule has 1 heterocycles. The zero-order valence-electron chi connectivity index (χ0n) is 16.9. The van der Waals surface area contributed by atoms with Gasteiger partial charge in [0.05, 0.1) is 6.26 Å². The number of benzene rings is 1. The van der Waals surface area contributed by atoms with Gasteiger partial charge in [-0.3, -0.25) is 4.79 Å². The van der Waals surface area contributed by atoms with Crippen LogP contribution in [0.15, 0.2) is 36.4 Å². The Balaban J connectivity index is 1.25. The number of amides is 1. The molecule has 4 rings (SSSR count). The van der Waals surface area contributed by atoms with Crippen molar-refractivity contribution in [2.45, 2.75) is 38.2 Å². The molecule has 0 radical (unpaired) electrons. The predicted octanol–water partition coefficient (Wildman–Crippen LogP) is 2.82. The molecule has 7 heteroatoms. The van der Waals surface area contributed by atoms with Crippen LogP contribution in [0.4, 0.5) is 0 Å². The number of nitrogens with one attached hydrogen (secondary N) is 1. The molecule has 3 atom stereocenters. The molecular weight excluding hydrogens is 388 g/mol. The third-order valence-corrected chi connectivity index (χ3v) is 7.79. The van der Waals surface area contributed by atoms with Crippen molar-refractivity contribution < 1.29 is 17.9 Å². The van der Waals surface area contributed by atoms with Crippen LogP contribution in [0.2, 0.25) is 0 Å². The molecule has 1 aliphatic heterocycles. The second kappa shape index (κ2) is 8.48. The number of ether oxygens (including phenoxy) is 1. The third-order valence-electron chi connectivity index (χ3n) is 6.49. The van der Waals surface area contributed by atoms with E-state index in [1.807, 2.05) is 12.1 Å². The molecule has 1 amide bonds. The molecule has 0 unspecified atom stereocenters. The molecule has 0 spiro atoms. The Kier molecular flexibility index (Phi) is 5.97. The van der Waals surface area contributed by atoms with Crippen LogP contribution in [0.25, 0.3) is 0 Å². The van der Waals surface area contributed by atoms with E-state index in [9.17, 15) is 13.2 Å². The molecule has 29 heavy (non-hydrogen) atoms. The van der Waals surface area contributed by atoms with Crippen molar-refractivity contribution in [3.05, 3.63) is 42.0 Å². The summed E-state index contributed by atoms with van der Waals surface area (Å²) < 4.78 is 30.7. The number of fused-ring (bicyclic) bond motifs is 2. The molecule has 1 aromatic rings. The first-order valence-corrected chi connectivity index (χ1v) is 12.4. The van der Waals surface area contributed by atoms with E-state index in [2.05, 4.69) is 17.5 Å². The second-order valence-electron chi connectivity index (χ2n) is 8.59. The van der Waals surface area contributed by atoms with Gasteiger partial charge in [0.15, 0.2) is 0 Å². The van der Waals surface area contributed by atoms with Crippen LogP contribution in [0, 0.1) is 17.8 Å². The minimum atomic E-state index is -3.14. The first-order valence-electron chi connectivity index (χ1n) is 10.6. The number of carbonyl (C=O) groups is 1. The highest BCUT2D eigenvalue weighted by atomic mass is 32.2. The topological polar surface area (TPSA) is 75.7 Å². The van der Waals surface area contributed by atoms with E-state index >= 15 is 0 Å². The molecule has 2 bridgehead atoms. The van der Waals surface area contributed by atoms with Crippen molar-refractivity contribution in [2.24, 2.45) is 17.8 Å². The molecule has 2 aliphatic carbocycles. The van der Waals surface area contributed by atoms with Crippen molar-refractivity contribution in [3.8, 4) is 5.75 Å². The fourth-order valence-corrected chi connectivity index (χ4v) is 5.76. The maximum Gasteiger partial charge on any atom is 0.251 e. The Morgan fingerprint density at radius 3 is 2.66 bits per heavy atom. The van der Waals surface area contributed by atoms with Crippen LogP contribution >= 0.6 is 0 Å². The van der Waals surface area contributed by atoms with E-state index in [-0.39, 0.29) is 12.0 Å². The van der Waals surface area contributed by atoms with Crippen LogP contribution in [0.5, 0.6) is 5.75 Å². The summed E-state index contributed by atoms with van der Waals surface area (Å²) in [4.78, 5) is 12.5. The highest BCUT2D eigenvalue weighted by Gasteiger charge is 2.35. The zero-order valence-corrected chi connectivity index (χ0v) is 17.7. The minimum absolute atomic E-state index is 0.0304. The van der Waals surface area contributed by atoms with E-state index in [1.54, 1.807) is 12.1 Å². The number of allylic oxidation sites excluding steroid dienone is 2. The zero-order chi connectivity index (χ0) is 20.4. The largest absolute Gasteiger partial charge is 0.490 e. The maximum atomic E-state index is 12.5. The molecule has 1 saturated carbocycles. The van der Waals surface area contributed by atoms with Crippen LogP contribution in [-0.4, -0.2) is 50.6 Å². The molecular formula is C22H30N2O4S. The Morgan fingerprint density at radius 2 is 2.00 bits per heavy atom. The van der Waals surface area contributed by atoms with E-state index in [0.717, 1.165) is 12.3 Å². The lowest BCUT2D eigenvalue weighted by molar-refractivity contribution is 0.0948. The Hall–Kier alpha value is -1.86. The second-order valence-corrected chi connectivity index (χ2v) is 10.6. The molecule has 1 saturated heterocycles. The maximum absolute atomic E-state index is 12.5. The quantitative estimate of drug-likeness (QED) is 0.691. The normalized spacial score (nSPS) is 27.3. The number of piperidine rings is 1. The van der Waals surface area contributed by atoms with E-state index in [4.69, 9.17) is 4.74 Å². The summed E-state index contributed by atoms with van der Waals surface area (Å²) in [6, 6.07) is 7.26. The van der Waals surface area contributed by atoms with Crippen LogP contribution in [0.1, 0.15) is 42.5 Å². The van der Waals surface area contributed by atoms with Gasteiger partial charge in [0.1, 0.15) is 11.9 Å². The highest BCUT2D eigenvalue weighted by Crippen LogP contribution is 2.44. The van der Waals surface area contributed by atoms with Crippen LogP contribution < -0.4 is 10.1 Å². The minimum Gasteiger partial charge on any atom is -0.490 e. The van der Waals surface area contributed by atoms with Crippen molar-refractivity contribution in [1.29, 1.82) is 0 Å². The lowest BCUT2D eigenvalue weighted by atomic mass is 9.90. The van der Waals surface area contributed by atoms with E-state index < -0.39 is 10.0 Å². The first-order chi connectivity index (χ1) is 13.9. The van der Waals surface area contributed by atoms with Gasteiger partial charge in [-0.25, -0.2) is 12.7 Å². The number of rotatable bonds is 7. The first kappa shape index (κ1) is 20.4. The summed E-state index contributed by atoms with van der Waals surface area (Å²) in [5.74, 6) is 2.77. The monoisotopic (exact) mass is 418 g/mol. The Morgan fingerprint density at radius 1 is 1.21 bits per heavy atom. The molecule has 0 aromatic heterocycles. The van der Waals surface area contributed by atoms with Crippen LogP contribution in [-0.2, 0) is 10.0 Å². The fourth-order valence-electron chi connectivity index (χ4n) is 4.88. The average Bonchev–Trinajstić information content (AvgIpc) is 3.31. The smallest absolute Gasteiger partial charge is 0.251 e. The molecule has 158 valence electrons.